The first-order valence-corrected chi connectivity index (χ1v) is 9.79. The van der Waals surface area contributed by atoms with E-state index in [0.717, 1.165) is 5.56 Å². The minimum absolute atomic E-state index is 0.278. The van der Waals surface area contributed by atoms with Crippen molar-refractivity contribution in [1.82, 2.24) is 0 Å². The molecule has 0 fully saturated rings. The van der Waals surface area contributed by atoms with Gasteiger partial charge in [-0.2, -0.15) is 0 Å². The second-order valence-electron chi connectivity index (χ2n) is 6.00. The summed E-state index contributed by atoms with van der Waals surface area (Å²) < 4.78 is 28.4. The van der Waals surface area contributed by atoms with Gasteiger partial charge in [-0.05, 0) is 35.9 Å². The molecule has 1 heterocycles. The van der Waals surface area contributed by atoms with Crippen LogP contribution < -0.4 is 9.62 Å². The molecule has 0 aliphatic carbocycles. The summed E-state index contributed by atoms with van der Waals surface area (Å²) in [5, 5.41) is 3.26. The van der Waals surface area contributed by atoms with E-state index < -0.39 is 10.0 Å². The number of hydrogen-bond donors (Lipinski definition) is 1. The van der Waals surface area contributed by atoms with Gasteiger partial charge < -0.3 is 5.32 Å². The molecule has 0 saturated heterocycles. The second kappa shape index (κ2) is 6.69. The Labute approximate surface area is 153 Å². The summed E-state index contributed by atoms with van der Waals surface area (Å²) in [5.41, 5.74) is 2.85. The number of fused-ring (bicyclic) bond motifs is 1. The van der Waals surface area contributed by atoms with E-state index in [1.54, 1.807) is 18.2 Å². The first kappa shape index (κ1) is 16.4. The van der Waals surface area contributed by atoms with E-state index in [2.05, 4.69) is 5.32 Å². The number of para-hydroxylation sites is 2. The van der Waals surface area contributed by atoms with Crippen molar-refractivity contribution in [2.75, 3.05) is 16.2 Å². The minimum Gasteiger partial charge on any atom is -0.378 e. The number of sulfonamides is 1. The van der Waals surface area contributed by atoms with Crippen LogP contribution in [0.1, 0.15) is 5.56 Å². The van der Waals surface area contributed by atoms with Crippen LogP contribution in [0.25, 0.3) is 6.08 Å². The highest BCUT2D eigenvalue weighted by Crippen LogP contribution is 2.35. The van der Waals surface area contributed by atoms with Gasteiger partial charge in [-0.15, -0.1) is 0 Å². The molecule has 0 bridgehead atoms. The summed E-state index contributed by atoms with van der Waals surface area (Å²) >= 11 is 0. The van der Waals surface area contributed by atoms with Crippen molar-refractivity contribution in [2.24, 2.45) is 0 Å². The molecule has 0 radical (unpaired) electrons. The Morgan fingerprint density at radius 1 is 0.808 bits per heavy atom. The quantitative estimate of drug-likeness (QED) is 0.737. The molecule has 5 heteroatoms. The van der Waals surface area contributed by atoms with Gasteiger partial charge in [-0.3, -0.25) is 0 Å². The third-order valence-electron chi connectivity index (χ3n) is 4.25. The Hall–Kier alpha value is -3.05. The lowest BCUT2D eigenvalue weighted by atomic mass is 10.2. The van der Waals surface area contributed by atoms with Crippen LogP contribution in [0.3, 0.4) is 0 Å². The molecule has 4 rings (SSSR count). The van der Waals surface area contributed by atoms with Gasteiger partial charge in [0.15, 0.2) is 0 Å². The standard InChI is InChI=1S/C21H18N2O2S/c24-26(25)21-14-8-7-13-20(21)22-16-19(15-17-9-3-1-4-10-17)23(26)18-11-5-2-6-12-18/h1-15,22H,16H2/b19-15+. The maximum absolute atomic E-state index is 13.5. The number of anilines is 2. The van der Waals surface area contributed by atoms with Crippen LogP contribution in [0, 0.1) is 0 Å². The molecule has 1 aliphatic rings. The van der Waals surface area contributed by atoms with Crippen LogP contribution in [0.2, 0.25) is 0 Å². The summed E-state index contributed by atoms with van der Waals surface area (Å²) in [6, 6.07) is 25.9. The van der Waals surface area contributed by atoms with Gasteiger partial charge in [-0.25, -0.2) is 12.7 Å². The van der Waals surface area contributed by atoms with Crippen LogP contribution in [-0.4, -0.2) is 15.0 Å². The Bertz CT molecular complexity index is 1050. The number of nitrogens with zero attached hydrogens (tertiary/aromatic N) is 1. The summed E-state index contributed by atoms with van der Waals surface area (Å²) in [7, 11) is -3.74. The zero-order chi connectivity index (χ0) is 18.0. The Balaban J connectivity index is 1.93. The molecule has 0 saturated carbocycles. The summed E-state index contributed by atoms with van der Waals surface area (Å²) in [4.78, 5) is 0.278. The van der Waals surface area contributed by atoms with Gasteiger partial charge in [0.25, 0.3) is 10.0 Å². The molecule has 1 N–H and O–H groups in total. The highest BCUT2D eigenvalue weighted by molar-refractivity contribution is 7.93. The zero-order valence-electron chi connectivity index (χ0n) is 14.0. The van der Waals surface area contributed by atoms with E-state index >= 15 is 0 Å². The van der Waals surface area contributed by atoms with Crippen molar-refractivity contribution in [3.05, 3.63) is 96.2 Å². The molecule has 3 aromatic carbocycles. The summed E-state index contributed by atoms with van der Waals surface area (Å²) in [6.45, 7) is 0.403. The van der Waals surface area contributed by atoms with Crippen molar-refractivity contribution in [2.45, 2.75) is 4.90 Å². The van der Waals surface area contributed by atoms with E-state index in [-0.39, 0.29) is 4.90 Å². The first-order chi connectivity index (χ1) is 12.7. The topological polar surface area (TPSA) is 49.4 Å². The predicted octanol–water partition coefficient (Wildman–Crippen LogP) is 4.35. The second-order valence-corrected chi connectivity index (χ2v) is 7.76. The van der Waals surface area contributed by atoms with Crippen molar-refractivity contribution in [3.63, 3.8) is 0 Å². The Kier molecular flexibility index (Phi) is 4.22. The number of rotatable bonds is 2. The molecule has 26 heavy (non-hydrogen) atoms. The lowest BCUT2D eigenvalue weighted by molar-refractivity contribution is 0.595. The highest BCUT2D eigenvalue weighted by Gasteiger charge is 2.32. The normalized spacial score (nSPS) is 17.2. The van der Waals surface area contributed by atoms with E-state index in [1.807, 2.05) is 72.8 Å². The fraction of sp³-hybridized carbons (Fsp3) is 0.0476. The number of benzene rings is 3. The van der Waals surface area contributed by atoms with E-state index in [1.165, 1.54) is 4.31 Å². The first-order valence-electron chi connectivity index (χ1n) is 8.35. The van der Waals surface area contributed by atoms with Gasteiger partial charge in [0, 0.05) is 0 Å². The lowest BCUT2D eigenvalue weighted by Crippen LogP contribution is -2.30. The molecule has 130 valence electrons. The van der Waals surface area contributed by atoms with Crippen LogP contribution in [0.5, 0.6) is 0 Å². The third-order valence-corrected chi connectivity index (χ3v) is 6.09. The van der Waals surface area contributed by atoms with Crippen molar-refractivity contribution in [1.29, 1.82) is 0 Å². The predicted molar refractivity (Wildman–Crippen MR) is 105 cm³/mol. The highest BCUT2D eigenvalue weighted by atomic mass is 32.2. The zero-order valence-corrected chi connectivity index (χ0v) is 14.9. The molecule has 0 amide bonds. The molecule has 4 nitrogen and oxygen atoms in total. The van der Waals surface area contributed by atoms with Gasteiger partial charge in [-0.1, -0.05) is 60.7 Å². The van der Waals surface area contributed by atoms with E-state index in [9.17, 15) is 8.42 Å². The fourth-order valence-electron chi connectivity index (χ4n) is 3.07. The average Bonchev–Trinajstić information content (AvgIpc) is 2.78. The summed E-state index contributed by atoms with van der Waals surface area (Å²) in [5.74, 6) is 0. The molecule has 1 aliphatic heterocycles. The molecule has 0 spiro atoms. The van der Waals surface area contributed by atoms with E-state index in [4.69, 9.17) is 0 Å². The van der Waals surface area contributed by atoms with Crippen LogP contribution >= 0.6 is 0 Å². The Morgan fingerprint density at radius 3 is 2.15 bits per heavy atom. The molecule has 0 atom stereocenters. The monoisotopic (exact) mass is 362 g/mol. The number of nitrogens with one attached hydrogen (secondary N) is 1. The van der Waals surface area contributed by atoms with Crippen LogP contribution in [0.15, 0.2) is 95.5 Å². The van der Waals surface area contributed by atoms with Crippen molar-refractivity contribution in [3.8, 4) is 0 Å². The Morgan fingerprint density at radius 2 is 1.42 bits per heavy atom. The van der Waals surface area contributed by atoms with Crippen LogP contribution in [-0.2, 0) is 10.0 Å². The number of hydrogen-bond acceptors (Lipinski definition) is 3. The molecule has 0 aromatic heterocycles. The van der Waals surface area contributed by atoms with Crippen molar-refractivity contribution >= 4 is 27.5 Å². The van der Waals surface area contributed by atoms with E-state index in [0.29, 0.717) is 23.6 Å². The average molecular weight is 362 g/mol. The molecular formula is C21H18N2O2S. The van der Waals surface area contributed by atoms with Crippen molar-refractivity contribution < 1.29 is 8.42 Å². The fourth-order valence-corrected chi connectivity index (χ4v) is 4.76. The summed E-state index contributed by atoms with van der Waals surface area (Å²) in [6.07, 6.45) is 1.91. The molecule has 0 unspecified atom stereocenters. The maximum Gasteiger partial charge on any atom is 0.270 e. The molecule has 3 aromatic rings. The van der Waals surface area contributed by atoms with Gasteiger partial charge in [0.2, 0.25) is 0 Å². The molecular weight excluding hydrogens is 344 g/mol. The smallest absolute Gasteiger partial charge is 0.270 e. The third kappa shape index (κ3) is 2.97. The maximum atomic E-state index is 13.5. The largest absolute Gasteiger partial charge is 0.378 e. The van der Waals surface area contributed by atoms with Gasteiger partial charge >= 0.3 is 0 Å². The van der Waals surface area contributed by atoms with Gasteiger partial charge in [0.1, 0.15) is 4.90 Å². The lowest BCUT2D eigenvalue weighted by Gasteiger charge is -2.25. The van der Waals surface area contributed by atoms with Crippen LogP contribution in [0.4, 0.5) is 11.4 Å². The minimum atomic E-state index is -3.74. The SMILES string of the molecule is O=S1(=O)c2ccccc2NC/C(=C\c2ccccc2)N1c1ccccc1. The van der Waals surface area contributed by atoms with Gasteiger partial charge in [0.05, 0.1) is 23.6 Å².